The van der Waals surface area contributed by atoms with Gasteiger partial charge in [0.05, 0.1) is 6.10 Å². The van der Waals surface area contributed by atoms with Crippen LogP contribution in [0.15, 0.2) is 10.3 Å². The minimum atomic E-state index is -3.77. The summed E-state index contributed by atoms with van der Waals surface area (Å²) in [5.74, 6) is -0.740. The van der Waals surface area contributed by atoms with Gasteiger partial charge in [-0.15, -0.1) is 11.3 Å². The number of thiophene rings is 1. The monoisotopic (exact) mass is 333 g/mol. The first-order valence-electron chi connectivity index (χ1n) is 6.69. The van der Waals surface area contributed by atoms with Gasteiger partial charge in [0.25, 0.3) is 0 Å². The standard InChI is InChI=1S/C13H19NO5S2/c1-8-7-20-11(13(15)16)12(8)21(17,18)14-4-3-9-5-10(6-9)19-2/h7,9-10,14H,3-6H2,1-2H3,(H,15,16). The molecule has 1 aliphatic rings. The Labute approximate surface area is 128 Å². The molecule has 0 aromatic carbocycles. The van der Waals surface area contributed by atoms with Gasteiger partial charge in [0, 0.05) is 13.7 Å². The average molecular weight is 333 g/mol. The molecule has 1 heterocycles. The summed E-state index contributed by atoms with van der Waals surface area (Å²) in [5.41, 5.74) is 0.466. The van der Waals surface area contributed by atoms with Crippen molar-refractivity contribution in [2.75, 3.05) is 13.7 Å². The zero-order valence-corrected chi connectivity index (χ0v) is 13.6. The Hall–Kier alpha value is -0.960. The number of aromatic carboxylic acids is 1. The molecule has 1 aromatic rings. The van der Waals surface area contributed by atoms with Gasteiger partial charge in [0.1, 0.15) is 9.77 Å². The third-order valence-corrected chi connectivity index (χ3v) is 6.61. The number of rotatable bonds is 7. The lowest BCUT2D eigenvalue weighted by atomic mass is 9.80. The van der Waals surface area contributed by atoms with Gasteiger partial charge in [-0.1, -0.05) is 0 Å². The van der Waals surface area contributed by atoms with E-state index in [1.54, 1.807) is 19.4 Å². The summed E-state index contributed by atoms with van der Waals surface area (Å²) < 4.78 is 32.2. The lowest BCUT2D eigenvalue weighted by molar-refractivity contribution is -0.000912. The molecule has 0 saturated heterocycles. The predicted molar refractivity (Wildman–Crippen MR) is 79.3 cm³/mol. The maximum Gasteiger partial charge on any atom is 0.347 e. The lowest BCUT2D eigenvalue weighted by Gasteiger charge is -2.34. The number of nitrogens with one attached hydrogen (secondary N) is 1. The molecule has 0 amide bonds. The highest BCUT2D eigenvalue weighted by Gasteiger charge is 2.30. The van der Waals surface area contributed by atoms with E-state index >= 15 is 0 Å². The second kappa shape index (κ2) is 6.43. The van der Waals surface area contributed by atoms with Crippen LogP contribution in [0.3, 0.4) is 0 Å². The number of sulfonamides is 1. The Bertz CT molecular complexity index is 617. The Morgan fingerprint density at radius 3 is 2.76 bits per heavy atom. The topological polar surface area (TPSA) is 92.7 Å². The van der Waals surface area contributed by atoms with E-state index in [0.717, 1.165) is 30.6 Å². The van der Waals surface area contributed by atoms with Gasteiger partial charge in [-0.2, -0.15) is 0 Å². The first kappa shape index (κ1) is 16.4. The van der Waals surface area contributed by atoms with E-state index in [4.69, 9.17) is 9.84 Å². The number of aryl methyl sites for hydroxylation is 1. The second-order valence-corrected chi connectivity index (χ2v) is 7.85. The SMILES string of the molecule is COC1CC(CCNS(=O)(=O)c2c(C)csc2C(=O)O)C1. The fourth-order valence-corrected chi connectivity index (χ4v) is 5.16. The van der Waals surface area contributed by atoms with Gasteiger partial charge in [0.2, 0.25) is 10.0 Å². The molecule has 2 rings (SSSR count). The van der Waals surface area contributed by atoms with Crippen LogP contribution in [-0.4, -0.2) is 39.3 Å². The minimum absolute atomic E-state index is 0.108. The van der Waals surface area contributed by atoms with Crippen LogP contribution in [0.5, 0.6) is 0 Å². The Balaban J connectivity index is 1.96. The molecule has 0 bridgehead atoms. The zero-order chi connectivity index (χ0) is 15.6. The lowest BCUT2D eigenvalue weighted by Crippen LogP contribution is -2.34. The van der Waals surface area contributed by atoms with Gasteiger partial charge >= 0.3 is 5.97 Å². The van der Waals surface area contributed by atoms with Crippen molar-refractivity contribution in [3.8, 4) is 0 Å². The van der Waals surface area contributed by atoms with Gasteiger partial charge in [-0.05, 0) is 43.0 Å². The summed E-state index contributed by atoms with van der Waals surface area (Å²) in [4.78, 5) is 10.8. The van der Waals surface area contributed by atoms with Crippen molar-refractivity contribution < 1.29 is 23.1 Å². The molecule has 118 valence electrons. The van der Waals surface area contributed by atoms with Crippen molar-refractivity contribution in [2.24, 2.45) is 5.92 Å². The summed E-state index contributed by atoms with van der Waals surface area (Å²) in [5, 5.41) is 10.6. The molecule has 0 unspecified atom stereocenters. The van der Waals surface area contributed by atoms with Crippen molar-refractivity contribution >= 4 is 27.3 Å². The van der Waals surface area contributed by atoms with Crippen molar-refractivity contribution in [2.45, 2.75) is 37.2 Å². The van der Waals surface area contributed by atoms with Crippen LogP contribution >= 0.6 is 11.3 Å². The first-order chi connectivity index (χ1) is 9.85. The van der Waals surface area contributed by atoms with Crippen molar-refractivity contribution in [3.63, 3.8) is 0 Å². The molecule has 8 heteroatoms. The maximum absolute atomic E-state index is 12.3. The molecule has 2 N–H and O–H groups in total. The molecule has 0 spiro atoms. The third-order valence-electron chi connectivity index (χ3n) is 3.75. The van der Waals surface area contributed by atoms with Crippen LogP contribution in [0.25, 0.3) is 0 Å². The zero-order valence-electron chi connectivity index (χ0n) is 12.0. The van der Waals surface area contributed by atoms with Crippen LogP contribution in [-0.2, 0) is 14.8 Å². The number of hydrogen-bond donors (Lipinski definition) is 2. The molecule has 1 aromatic heterocycles. The highest BCUT2D eigenvalue weighted by Crippen LogP contribution is 2.32. The summed E-state index contributed by atoms with van der Waals surface area (Å²) in [6, 6.07) is 0. The van der Waals surface area contributed by atoms with Crippen molar-refractivity contribution in [1.82, 2.24) is 4.72 Å². The van der Waals surface area contributed by atoms with E-state index in [1.165, 1.54) is 0 Å². The first-order valence-corrected chi connectivity index (χ1v) is 9.05. The normalized spacial score (nSPS) is 22.0. The fraction of sp³-hybridized carbons (Fsp3) is 0.615. The highest BCUT2D eigenvalue weighted by atomic mass is 32.2. The van der Waals surface area contributed by atoms with Gasteiger partial charge in [-0.3, -0.25) is 0 Å². The molecule has 1 fully saturated rings. The highest BCUT2D eigenvalue weighted by molar-refractivity contribution is 7.89. The summed E-state index contributed by atoms with van der Waals surface area (Å²) in [6.45, 7) is 1.92. The van der Waals surface area contributed by atoms with Gasteiger partial charge < -0.3 is 9.84 Å². The van der Waals surface area contributed by atoms with Crippen molar-refractivity contribution in [1.29, 1.82) is 0 Å². The number of carboxylic acids is 1. The number of ether oxygens (including phenoxy) is 1. The summed E-state index contributed by atoms with van der Waals surface area (Å²) in [6.07, 6.45) is 2.95. The summed E-state index contributed by atoms with van der Waals surface area (Å²) in [7, 11) is -2.10. The van der Waals surface area contributed by atoms with Crippen LogP contribution in [0.4, 0.5) is 0 Å². The summed E-state index contributed by atoms with van der Waals surface area (Å²) >= 11 is 0.935. The van der Waals surface area contributed by atoms with E-state index in [9.17, 15) is 13.2 Å². The molecule has 21 heavy (non-hydrogen) atoms. The number of hydrogen-bond acceptors (Lipinski definition) is 5. The predicted octanol–water partition coefficient (Wildman–Crippen LogP) is 1.85. The number of methoxy groups -OCH3 is 1. The smallest absolute Gasteiger partial charge is 0.347 e. The Kier molecular flexibility index (Phi) is 5.03. The second-order valence-electron chi connectivity index (χ2n) is 5.26. The van der Waals surface area contributed by atoms with Crippen LogP contribution in [0.2, 0.25) is 0 Å². The average Bonchev–Trinajstić information content (AvgIpc) is 2.75. The molecule has 1 aliphatic carbocycles. The largest absolute Gasteiger partial charge is 0.477 e. The van der Waals surface area contributed by atoms with E-state index in [1.807, 2.05) is 0 Å². The van der Waals surface area contributed by atoms with E-state index in [-0.39, 0.29) is 9.77 Å². The number of carboxylic acid groups (broad SMARTS) is 1. The van der Waals surface area contributed by atoms with E-state index in [0.29, 0.717) is 24.1 Å². The molecular formula is C13H19NO5S2. The molecule has 0 atom stereocenters. The Morgan fingerprint density at radius 2 is 2.19 bits per heavy atom. The van der Waals surface area contributed by atoms with Crippen LogP contribution < -0.4 is 4.72 Å². The van der Waals surface area contributed by atoms with E-state index < -0.39 is 16.0 Å². The van der Waals surface area contributed by atoms with Crippen LogP contribution in [0, 0.1) is 12.8 Å². The maximum atomic E-state index is 12.3. The van der Waals surface area contributed by atoms with Crippen LogP contribution in [0.1, 0.15) is 34.5 Å². The quantitative estimate of drug-likeness (QED) is 0.794. The molecule has 6 nitrogen and oxygen atoms in total. The third kappa shape index (κ3) is 3.63. The van der Waals surface area contributed by atoms with E-state index in [2.05, 4.69) is 4.72 Å². The fourth-order valence-electron chi connectivity index (χ4n) is 2.49. The molecule has 0 aliphatic heterocycles. The van der Waals surface area contributed by atoms with Gasteiger partial charge in [-0.25, -0.2) is 17.9 Å². The van der Waals surface area contributed by atoms with Gasteiger partial charge in [0.15, 0.2) is 0 Å². The van der Waals surface area contributed by atoms with Crippen molar-refractivity contribution in [3.05, 3.63) is 15.8 Å². The molecule has 1 saturated carbocycles. The minimum Gasteiger partial charge on any atom is -0.477 e. The Morgan fingerprint density at radius 1 is 1.52 bits per heavy atom. The molecule has 0 radical (unpaired) electrons. The number of carbonyl (C=O) groups is 1. The molecular weight excluding hydrogens is 314 g/mol.